The van der Waals surface area contributed by atoms with Gasteiger partial charge in [0.25, 0.3) is 0 Å². The lowest BCUT2D eigenvalue weighted by Gasteiger charge is -2.16. The van der Waals surface area contributed by atoms with Crippen LogP contribution < -0.4 is 4.74 Å². The lowest BCUT2D eigenvalue weighted by molar-refractivity contribution is 0.189. The predicted molar refractivity (Wildman–Crippen MR) is 80.6 cm³/mol. The quantitative estimate of drug-likeness (QED) is 0.813. The number of benzene rings is 1. The van der Waals surface area contributed by atoms with Gasteiger partial charge in [-0.25, -0.2) is 0 Å². The average Bonchev–Trinajstić information content (AvgIpc) is 2.87. The number of hydrogen-bond acceptors (Lipinski definition) is 3. The van der Waals surface area contributed by atoms with Gasteiger partial charge in [-0.05, 0) is 51.4 Å². The molecule has 1 fully saturated rings. The first-order valence-corrected chi connectivity index (χ1v) is 7.79. The van der Waals surface area contributed by atoms with Gasteiger partial charge in [0.05, 0.1) is 12.7 Å². The van der Waals surface area contributed by atoms with Crippen molar-refractivity contribution in [2.24, 2.45) is 0 Å². The molecule has 0 bridgehead atoms. The highest BCUT2D eigenvalue weighted by molar-refractivity contribution is 9.10. The van der Waals surface area contributed by atoms with Crippen molar-refractivity contribution in [1.82, 2.24) is 4.90 Å². The molecule has 3 nitrogen and oxygen atoms in total. The van der Waals surface area contributed by atoms with Crippen molar-refractivity contribution in [1.29, 1.82) is 0 Å². The van der Waals surface area contributed by atoms with Crippen LogP contribution in [0.15, 0.2) is 22.7 Å². The van der Waals surface area contributed by atoms with Crippen LogP contribution in [0.25, 0.3) is 0 Å². The Morgan fingerprint density at radius 3 is 2.79 bits per heavy atom. The van der Waals surface area contributed by atoms with Gasteiger partial charge >= 0.3 is 0 Å². The van der Waals surface area contributed by atoms with E-state index < -0.39 is 6.10 Å². The molecule has 0 amide bonds. The van der Waals surface area contributed by atoms with Crippen molar-refractivity contribution in [2.45, 2.75) is 32.3 Å². The minimum absolute atomic E-state index is 0.498. The van der Waals surface area contributed by atoms with Crippen molar-refractivity contribution < 1.29 is 9.84 Å². The molecule has 2 rings (SSSR count). The summed E-state index contributed by atoms with van der Waals surface area (Å²) in [5, 5.41) is 9.72. The fraction of sp³-hybridized carbons (Fsp3) is 0.600. The Labute approximate surface area is 123 Å². The van der Waals surface area contributed by atoms with Gasteiger partial charge in [-0.3, -0.25) is 0 Å². The zero-order chi connectivity index (χ0) is 13.7. The summed E-state index contributed by atoms with van der Waals surface area (Å²) >= 11 is 3.44. The number of ether oxygens (including phenoxy) is 1. The summed E-state index contributed by atoms with van der Waals surface area (Å²) in [4.78, 5) is 2.49. The summed E-state index contributed by atoms with van der Waals surface area (Å²) in [5.41, 5.74) is 0.851. The maximum atomic E-state index is 9.72. The van der Waals surface area contributed by atoms with E-state index in [0.29, 0.717) is 6.61 Å². The van der Waals surface area contributed by atoms with E-state index in [1.54, 1.807) is 6.92 Å². The van der Waals surface area contributed by atoms with Crippen molar-refractivity contribution in [3.63, 3.8) is 0 Å². The molecule has 1 aliphatic rings. The van der Waals surface area contributed by atoms with E-state index in [1.807, 2.05) is 18.2 Å². The summed E-state index contributed by atoms with van der Waals surface area (Å²) in [7, 11) is 0. The summed E-state index contributed by atoms with van der Waals surface area (Å²) in [6, 6.07) is 5.77. The second kappa shape index (κ2) is 7.27. The van der Waals surface area contributed by atoms with Crippen molar-refractivity contribution in [2.75, 3.05) is 26.2 Å². The van der Waals surface area contributed by atoms with Gasteiger partial charge in [0.2, 0.25) is 0 Å². The topological polar surface area (TPSA) is 32.7 Å². The van der Waals surface area contributed by atoms with Crippen LogP contribution in [-0.2, 0) is 0 Å². The molecule has 1 N–H and O–H groups in total. The Morgan fingerprint density at radius 2 is 2.11 bits per heavy atom. The number of hydrogen-bond donors (Lipinski definition) is 1. The van der Waals surface area contributed by atoms with Crippen LogP contribution in [0, 0.1) is 0 Å². The Hall–Kier alpha value is -0.580. The first-order valence-electron chi connectivity index (χ1n) is 6.99. The van der Waals surface area contributed by atoms with Crippen LogP contribution >= 0.6 is 15.9 Å². The third kappa shape index (κ3) is 4.48. The fourth-order valence-electron chi connectivity index (χ4n) is 2.45. The molecule has 1 atom stereocenters. The highest BCUT2D eigenvalue weighted by Crippen LogP contribution is 2.28. The molecule has 1 aromatic rings. The van der Waals surface area contributed by atoms with E-state index in [2.05, 4.69) is 20.8 Å². The van der Waals surface area contributed by atoms with Gasteiger partial charge in [0.15, 0.2) is 0 Å². The highest BCUT2D eigenvalue weighted by Gasteiger charge is 2.12. The van der Waals surface area contributed by atoms with Crippen molar-refractivity contribution in [3.05, 3.63) is 28.2 Å². The summed E-state index contributed by atoms with van der Waals surface area (Å²) in [5.74, 6) is 0.783. The smallest absolute Gasteiger partial charge is 0.126 e. The third-order valence-corrected chi connectivity index (χ3v) is 3.99. The number of rotatable bonds is 6. The van der Waals surface area contributed by atoms with E-state index in [9.17, 15) is 5.11 Å². The number of aliphatic hydroxyl groups is 1. The van der Waals surface area contributed by atoms with Crippen molar-refractivity contribution in [3.8, 4) is 5.75 Å². The van der Waals surface area contributed by atoms with Gasteiger partial charge in [-0.1, -0.05) is 22.0 Å². The maximum Gasteiger partial charge on any atom is 0.126 e. The second-order valence-electron chi connectivity index (χ2n) is 5.11. The number of aliphatic hydroxyl groups excluding tert-OH is 1. The zero-order valence-corrected chi connectivity index (χ0v) is 13.0. The second-order valence-corrected chi connectivity index (χ2v) is 6.02. The molecule has 1 heterocycles. The lowest BCUT2D eigenvalue weighted by atomic mass is 10.1. The van der Waals surface area contributed by atoms with Crippen LogP contribution in [0.1, 0.15) is 37.9 Å². The van der Waals surface area contributed by atoms with E-state index in [-0.39, 0.29) is 0 Å². The Bertz CT molecular complexity index is 403. The molecular formula is C15H22BrNO2. The van der Waals surface area contributed by atoms with Crippen LogP contribution in [0.4, 0.5) is 0 Å². The monoisotopic (exact) mass is 327 g/mol. The molecule has 0 unspecified atom stereocenters. The molecule has 0 aliphatic carbocycles. The van der Waals surface area contributed by atoms with Crippen molar-refractivity contribution >= 4 is 15.9 Å². The molecule has 1 saturated heterocycles. The minimum Gasteiger partial charge on any atom is -0.493 e. The Kier molecular flexibility index (Phi) is 5.67. The van der Waals surface area contributed by atoms with Gasteiger partial charge in [0, 0.05) is 16.6 Å². The normalized spacial score (nSPS) is 17.6. The van der Waals surface area contributed by atoms with E-state index in [1.165, 1.54) is 25.9 Å². The zero-order valence-electron chi connectivity index (χ0n) is 11.4. The number of likely N-dealkylation sites (tertiary alicyclic amines) is 1. The maximum absolute atomic E-state index is 9.72. The predicted octanol–water partition coefficient (Wildman–Crippen LogP) is 3.37. The van der Waals surface area contributed by atoms with Crippen LogP contribution in [0.3, 0.4) is 0 Å². The van der Waals surface area contributed by atoms with Crippen LogP contribution in [0.5, 0.6) is 5.75 Å². The standard InChI is InChI=1S/C15H22BrNO2/c1-12(18)14-6-5-13(16)11-15(14)19-10-4-9-17-7-2-3-8-17/h5-6,11-12,18H,2-4,7-10H2,1H3/t12-/m0/s1. The first-order chi connectivity index (χ1) is 9.16. The molecule has 19 heavy (non-hydrogen) atoms. The minimum atomic E-state index is -0.498. The fourth-order valence-corrected chi connectivity index (χ4v) is 2.79. The van der Waals surface area contributed by atoms with Gasteiger partial charge in [0.1, 0.15) is 5.75 Å². The largest absolute Gasteiger partial charge is 0.493 e. The molecule has 0 aromatic heterocycles. The molecular weight excluding hydrogens is 306 g/mol. The molecule has 106 valence electrons. The molecule has 1 aromatic carbocycles. The van der Waals surface area contributed by atoms with Crippen LogP contribution in [0.2, 0.25) is 0 Å². The van der Waals surface area contributed by atoms with E-state index >= 15 is 0 Å². The summed E-state index contributed by atoms with van der Waals surface area (Å²) in [6.07, 6.45) is 3.20. The van der Waals surface area contributed by atoms with Gasteiger partial charge in [-0.2, -0.15) is 0 Å². The molecule has 0 radical (unpaired) electrons. The SMILES string of the molecule is C[C@H](O)c1ccc(Br)cc1OCCCN1CCCC1. The number of nitrogens with zero attached hydrogens (tertiary/aromatic N) is 1. The average molecular weight is 328 g/mol. The molecule has 4 heteroatoms. The van der Waals surface area contributed by atoms with E-state index in [0.717, 1.165) is 28.8 Å². The van der Waals surface area contributed by atoms with Crippen LogP contribution in [-0.4, -0.2) is 36.2 Å². The first kappa shape index (κ1) is 14.8. The highest BCUT2D eigenvalue weighted by atomic mass is 79.9. The lowest BCUT2D eigenvalue weighted by Crippen LogP contribution is -2.22. The van der Waals surface area contributed by atoms with Gasteiger partial charge < -0.3 is 14.7 Å². The molecule has 1 aliphatic heterocycles. The molecule has 0 saturated carbocycles. The Balaban J connectivity index is 1.82. The molecule has 0 spiro atoms. The van der Waals surface area contributed by atoms with E-state index in [4.69, 9.17) is 4.74 Å². The summed E-state index contributed by atoms with van der Waals surface area (Å²) < 4.78 is 6.80. The number of halogens is 1. The summed E-state index contributed by atoms with van der Waals surface area (Å²) in [6.45, 7) is 6.04. The Morgan fingerprint density at radius 1 is 1.37 bits per heavy atom. The van der Waals surface area contributed by atoms with Gasteiger partial charge in [-0.15, -0.1) is 0 Å². The third-order valence-electron chi connectivity index (χ3n) is 3.50.